The molecule has 0 aliphatic carbocycles. The van der Waals surface area contributed by atoms with Gasteiger partial charge in [0.15, 0.2) is 11.5 Å². The molecule has 7 nitrogen and oxygen atoms in total. The van der Waals surface area contributed by atoms with Gasteiger partial charge in [-0.05, 0) is 49.6 Å². The number of aromatic nitrogens is 4. The summed E-state index contributed by atoms with van der Waals surface area (Å²) in [7, 11) is 0. The normalized spacial score (nSPS) is 12.6. The Hall–Kier alpha value is -3.32. The van der Waals surface area contributed by atoms with Crippen LogP contribution < -0.4 is 11.2 Å². The predicted molar refractivity (Wildman–Crippen MR) is 111 cm³/mol. The lowest BCUT2D eigenvalue weighted by Gasteiger charge is -2.20. The monoisotopic (exact) mass is 390 g/mol. The van der Waals surface area contributed by atoms with Crippen molar-refractivity contribution in [1.29, 1.82) is 0 Å². The van der Waals surface area contributed by atoms with Crippen molar-refractivity contribution < 1.29 is 5.11 Å². The Morgan fingerprint density at radius 2 is 1.83 bits per heavy atom. The smallest absolute Gasteiger partial charge is 0.349 e. The van der Waals surface area contributed by atoms with Crippen LogP contribution in [0.2, 0.25) is 0 Å². The van der Waals surface area contributed by atoms with E-state index in [9.17, 15) is 14.7 Å². The van der Waals surface area contributed by atoms with E-state index in [2.05, 4.69) is 15.0 Å². The first-order valence-electron chi connectivity index (χ1n) is 9.47. The van der Waals surface area contributed by atoms with Crippen LogP contribution in [0.5, 0.6) is 0 Å². The SMILES string of the molecule is Cc1cccc(CC(O)Cn2c3nc(=O)[nH]c(=O)c-3nc3cc(C)c(C)cc32)c1. The predicted octanol–water partition coefficient (Wildman–Crippen LogP) is 2.11. The van der Waals surface area contributed by atoms with Gasteiger partial charge in [-0.2, -0.15) is 4.98 Å². The maximum absolute atomic E-state index is 12.3. The molecule has 2 aromatic rings. The molecule has 2 heterocycles. The van der Waals surface area contributed by atoms with Gasteiger partial charge in [0.2, 0.25) is 0 Å². The standard InChI is InChI=1S/C22H22N4O3/c1-12-5-4-6-15(7-12)10-16(27)11-26-18-9-14(3)13(2)8-17(18)23-19-20(26)24-22(29)25-21(19)28/h4-9,16,27H,10-11H2,1-3H3,(H,25,28,29). The van der Waals surface area contributed by atoms with Crippen molar-refractivity contribution in [2.75, 3.05) is 0 Å². The zero-order chi connectivity index (χ0) is 20.7. The fraction of sp³-hybridized carbons (Fsp3) is 0.273. The van der Waals surface area contributed by atoms with Crippen LogP contribution in [0.25, 0.3) is 22.6 Å². The molecule has 0 bridgehead atoms. The molecule has 0 radical (unpaired) electrons. The fourth-order valence-electron chi connectivity index (χ4n) is 3.62. The molecule has 4 rings (SSSR count). The molecular weight excluding hydrogens is 368 g/mol. The Kier molecular flexibility index (Phi) is 4.76. The number of benzene rings is 2. The molecule has 0 spiro atoms. The van der Waals surface area contributed by atoms with Crippen molar-refractivity contribution in [1.82, 2.24) is 19.5 Å². The second-order valence-electron chi connectivity index (χ2n) is 7.54. The van der Waals surface area contributed by atoms with E-state index >= 15 is 0 Å². The van der Waals surface area contributed by atoms with Gasteiger partial charge in [0.1, 0.15) is 0 Å². The van der Waals surface area contributed by atoms with Gasteiger partial charge in [0, 0.05) is 6.42 Å². The van der Waals surface area contributed by atoms with Crippen molar-refractivity contribution in [2.24, 2.45) is 0 Å². The van der Waals surface area contributed by atoms with Crippen molar-refractivity contribution >= 4 is 11.0 Å². The minimum absolute atomic E-state index is 0.0862. The molecule has 1 unspecified atom stereocenters. The Bertz CT molecular complexity index is 1310. The van der Waals surface area contributed by atoms with Crippen LogP contribution in [-0.2, 0) is 13.0 Å². The van der Waals surface area contributed by atoms with E-state index in [0.29, 0.717) is 11.9 Å². The molecule has 2 aliphatic heterocycles. The molecule has 0 amide bonds. The second-order valence-corrected chi connectivity index (χ2v) is 7.54. The zero-order valence-electron chi connectivity index (χ0n) is 16.6. The molecule has 1 atom stereocenters. The summed E-state index contributed by atoms with van der Waals surface area (Å²) in [5.41, 5.74) is 4.35. The number of H-pyrrole nitrogens is 1. The molecule has 2 aromatic carbocycles. The van der Waals surface area contributed by atoms with Crippen molar-refractivity contribution in [2.45, 2.75) is 39.8 Å². The quantitative estimate of drug-likeness (QED) is 0.520. The summed E-state index contributed by atoms with van der Waals surface area (Å²) in [6.45, 7) is 6.14. The number of aromatic amines is 1. The van der Waals surface area contributed by atoms with E-state index in [4.69, 9.17) is 0 Å². The molecule has 0 aromatic heterocycles. The summed E-state index contributed by atoms with van der Waals surface area (Å²) in [5, 5.41) is 10.8. The molecule has 7 heteroatoms. The van der Waals surface area contributed by atoms with Gasteiger partial charge in [-0.3, -0.25) is 9.78 Å². The van der Waals surface area contributed by atoms with Gasteiger partial charge < -0.3 is 9.67 Å². The maximum atomic E-state index is 12.3. The minimum atomic E-state index is -0.728. The first kappa shape index (κ1) is 19.0. The number of nitrogens with zero attached hydrogens (tertiary/aromatic N) is 3. The topological polar surface area (TPSA) is 101 Å². The van der Waals surface area contributed by atoms with Crippen LogP contribution in [0.4, 0.5) is 0 Å². The Labute approximate surface area is 167 Å². The third-order valence-corrected chi connectivity index (χ3v) is 5.17. The van der Waals surface area contributed by atoms with E-state index in [-0.39, 0.29) is 18.1 Å². The number of hydrogen-bond acceptors (Lipinski definition) is 5. The summed E-state index contributed by atoms with van der Waals surface area (Å²) in [5.74, 6) is 0.179. The van der Waals surface area contributed by atoms with Gasteiger partial charge in [0.25, 0.3) is 5.56 Å². The number of fused-ring (bicyclic) bond motifs is 2. The molecule has 148 valence electrons. The van der Waals surface area contributed by atoms with Crippen molar-refractivity contribution in [3.8, 4) is 11.5 Å². The highest BCUT2D eigenvalue weighted by molar-refractivity contribution is 5.81. The second kappa shape index (κ2) is 7.25. The van der Waals surface area contributed by atoms with Gasteiger partial charge in [-0.25, -0.2) is 9.78 Å². The molecule has 0 saturated carbocycles. The summed E-state index contributed by atoms with van der Waals surface area (Å²) in [4.78, 5) is 34.8. The highest BCUT2D eigenvalue weighted by Gasteiger charge is 2.21. The zero-order valence-corrected chi connectivity index (χ0v) is 16.6. The first-order chi connectivity index (χ1) is 13.8. The average molecular weight is 390 g/mol. The van der Waals surface area contributed by atoms with Crippen LogP contribution in [0.1, 0.15) is 22.3 Å². The van der Waals surface area contributed by atoms with Gasteiger partial charge in [0.05, 0.1) is 23.7 Å². The highest BCUT2D eigenvalue weighted by atomic mass is 16.3. The highest BCUT2D eigenvalue weighted by Crippen LogP contribution is 2.24. The van der Waals surface area contributed by atoms with E-state index in [0.717, 1.165) is 27.8 Å². The van der Waals surface area contributed by atoms with Crippen LogP contribution in [0, 0.1) is 20.8 Å². The molecule has 0 saturated heterocycles. The van der Waals surface area contributed by atoms with Crippen LogP contribution >= 0.6 is 0 Å². The van der Waals surface area contributed by atoms with E-state index in [1.54, 1.807) is 4.57 Å². The minimum Gasteiger partial charge on any atom is -0.391 e. The average Bonchev–Trinajstić information content (AvgIpc) is 2.64. The van der Waals surface area contributed by atoms with E-state index in [1.165, 1.54) is 0 Å². The number of hydrogen-bond donors (Lipinski definition) is 2. The number of aliphatic hydroxyl groups excluding tert-OH is 1. The van der Waals surface area contributed by atoms with Crippen molar-refractivity contribution in [3.05, 3.63) is 79.5 Å². The lowest BCUT2D eigenvalue weighted by atomic mass is 10.0. The first-order valence-corrected chi connectivity index (χ1v) is 9.47. The lowest BCUT2D eigenvalue weighted by molar-refractivity contribution is 0.156. The third kappa shape index (κ3) is 3.69. The van der Waals surface area contributed by atoms with Crippen molar-refractivity contribution in [3.63, 3.8) is 0 Å². The summed E-state index contributed by atoms with van der Waals surface area (Å²) in [6.07, 6.45) is -0.286. The molecule has 29 heavy (non-hydrogen) atoms. The molecular formula is C22H22N4O3. The summed E-state index contributed by atoms with van der Waals surface area (Å²) >= 11 is 0. The largest absolute Gasteiger partial charge is 0.391 e. The Balaban J connectivity index is 1.87. The molecule has 2 aliphatic rings. The number of rotatable bonds is 4. The van der Waals surface area contributed by atoms with Crippen LogP contribution in [0.3, 0.4) is 0 Å². The summed E-state index contributed by atoms with van der Waals surface area (Å²) in [6, 6.07) is 11.8. The summed E-state index contributed by atoms with van der Waals surface area (Å²) < 4.78 is 1.72. The lowest BCUT2D eigenvalue weighted by Crippen LogP contribution is -2.30. The number of nitrogens with one attached hydrogen (secondary N) is 1. The third-order valence-electron chi connectivity index (χ3n) is 5.17. The van der Waals surface area contributed by atoms with Gasteiger partial charge >= 0.3 is 5.69 Å². The van der Waals surface area contributed by atoms with Gasteiger partial charge in [-0.15, -0.1) is 0 Å². The van der Waals surface area contributed by atoms with Gasteiger partial charge in [-0.1, -0.05) is 29.8 Å². The van der Waals surface area contributed by atoms with E-state index in [1.807, 2.05) is 57.2 Å². The Morgan fingerprint density at radius 1 is 1.07 bits per heavy atom. The molecule has 0 fully saturated rings. The maximum Gasteiger partial charge on any atom is 0.349 e. The van der Waals surface area contributed by atoms with Crippen LogP contribution in [0.15, 0.2) is 46.0 Å². The fourth-order valence-corrected chi connectivity index (χ4v) is 3.62. The van der Waals surface area contributed by atoms with E-state index < -0.39 is 17.4 Å². The number of aliphatic hydroxyl groups is 1. The molecule has 2 N–H and O–H groups in total. The van der Waals surface area contributed by atoms with Crippen LogP contribution in [-0.4, -0.2) is 30.7 Å². The Morgan fingerprint density at radius 3 is 2.59 bits per heavy atom. The number of aryl methyl sites for hydroxylation is 3.